The van der Waals surface area contributed by atoms with Gasteiger partial charge in [0.15, 0.2) is 0 Å². The molecule has 80 valence electrons. The summed E-state index contributed by atoms with van der Waals surface area (Å²) >= 11 is -0.0553. The second-order valence-electron chi connectivity index (χ2n) is 2.95. The predicted molar refractivity (Wildman–Crippen MR) is 47.7 cm³/mol. The molecule has 1 unspecified atom stereocenters. The fourth-order valence-corrected chi connectivity index (χ4v) is 3.44. The Labute approximate surface area is 87.9 Å². The predicted octanol–water partition coefficient (Wildman–Crippen LogP) is -0.696. The number of carbonyl (C=O) groups excluding carboxylic acids is 2. The molecule has 5 nitrogen and oxygen atoms in total. The molecule has 6 heteroatoms. The molecule has 0 saturated carbocycles. The second kappa shape index (κ2) is 4.77. The van der Waals surface area contributed by atoms with E-state index in [0.717, 1.165) is 0 Å². The van der Waals surface area contributed by atoms with Crippen LogP contribution in [0.2, 0.25) is 5.32 Å². The molecule has 1 fully saturated rings. The van der Waals surface area contributed by atoms with E-state index in [2.05, 4.69) is 0 Å². The summed E-state index contributed by atoms with van der Waals surface area (Å²) in [5, 5.41) is 9.40. The van der Waals surface area contributed by atoms with E-state index in [1.54, 1.807) is 0 Å². The van der Waals surface area contributed by atoms with Gasteiger partial charge in [-0.25, -0.2) is 0 Å². The van der Waals surface area contributed by atoms with Gasteiger partial charge in [0.2, 0.25) is 0 Å². The molecule has 1 rings (SSSR count). The van der Waals surface area contributed by atoms with Gasteiger partial charge >= 0.3 is 87.4 Å². The summed E-state index contributed by atoms with van der Waals surface area (Å²) in [7, 11) is 0. The molecular formula is C8H12O5Se. The van der Waals surface area contributed by atoms with Crippen LogP contribution < -0.4 is 0 Å². The van der Waals surface area contributed by atoms with Gasteiger partial charge in [0.05, 0.1) is 0 Å². The van der Waals surface area contributed by atoms with Crippen LogP contribution >= 0.6 is 0 Å². The normalized spacial score (nSPS) is 31.2. The Balaban J connectivity index is 2.56. The Morgan fingerprint density at radius 2 is 1.86 bits per heavy atom. The van der Waals surface area contributed by atoms with Gasteiger partial charge in [0, 0.05) is 0 Å². The van der Waals surface area contributed by atoms with Crippen LogP contribution in [0.5, 0.6) is 0 Å². The molecular weight excluding hydrogens is 255 g/mol. The standard InChI is InChI=1S/C8H12O5Se/c1-4(9)12-6-3-14-8(11)7(6)13-5(2)10/h6-8,11H,3H2,1-2H3/t6-,7+,8?/m0/s1. The van der Waals surface area contributed by atoms with Gasteiger partial charge < -0.3 is 0 Å². The second-order valence-corrected chi connectivity index (χ2v) is 5.36. The monoisotopic (exact) mass is 268 g/mol. The third-order valence-corrected chi connectivity index (χ3v) is 4.07. The molecule has 1 heterocycles. The third kappa shape index (κ3) is 2.97. The van der Waals surface area contributed by atoms with Crippen molar-refractivity contribution in [2.45, 2.75) is 36.4 Å². The summed E-state index contributed by atoms with van der Waals surface area (Å²) in [5.41, 5.74) is 0. The van der Waals surface area contributed by atoms with Gasteiger partial charge in [0.25, 0.3) is 0 Å². The summed E-state index contributed by atoms with van der Waals surface area (Å²) in [5.74, 6) is -0.888. The van der Waals surface area contributed by atoms with Crippen molar-refractivity contribution in [2.24, 2.45) is 0 Å². The van der Waals surface area contributed by atoms with Crippen molar-refractivity contribution in [3.05, 3.63) is 0 Å². The van der Waals surface area contributed by atoms with Gasteiger partial charge in [0.1, 0.15) is 0 Å². The Bertz CT molecular complexity index is 242. The van der Waals surface area contributed by atoms with E-state index in [-0.39, 0.29) is 15.0 Å². The minimum absolute atomic E-state index is 0.0553. The molecule has 0 aromatic rings. The summed E-state index contributed by atoms with van der Waals surface area (Å²) in [6, 6.07) is 0. The Morgan fingerprint density at radius 1 is 1.29 bits per heavy atom. The van der Waals surface area contributed by atoms with Crippen molar-refractivity contribution < 1.29 is 24.2 Å². The van der Waals surface area contributed by atoms with E-state index >= 15 is 0 Å². The molecule has 1 aliphatic rings. The molecule has 0 amide bonds. The summed E-state index contributed by atoms with van der Waals surface area (Å²) < 4.78 is 9.82. The van der Waals surface area contributed by atoms with E-state index in [0.29, 0.717) is 5.32 Å². The van der Waals surface area contributed by atoms with Crippen LogP contribution in [0.15, 0.2) is 0 Å². The number of hydrogen-bond donors (Lipinski definition) is 1. The first-order valence-corrected chi connectivity index (χ1v) is 6.35. The van der Waals surface area contributed by atoms with Crippen LogP contribution in [0.1, 0.15) is 13.8 Å². The zero-order valence-electron chi connectivity index (χ0n) is 7.93. The number of carbonyl (C=O) groups is 2. The molecule has 0 aromatic carbocycles. The zero-order valence-corrected chi connectivity index (χ0v) is 9.64. The van der Waals surface area contributed by atoms with Crippen LogP contribution in [0.3, 0.4) is 0 Å². The van der Waals surface area contributed by atoms with Crippen molar-refractivity contribution >= 4 is 26.9 Å². The summed E-state index contributed by atoms with van der Waals surface area (Å²) in [4.78, 5) is 21.4. The van der Waals surface area contributed by atoms with Gasteiger partial charge in [-0.15, -0.1) is 0 Å². The summed E-state index contributed by atoms with van der Waals surface area (Å²) in [6.07, 6.45) is -1.16. The summed E-state index contributed by atoms with van der Waals surface area (Å²) in [6.45, 7) is 2.56. The van der Waals surface area contributed by atoms with Crippen molar-refractivity contribution in [3.8, 4) is 0 Å². The molecule has 14 heavy (non-hydrogen) atoms. The first-order chi connectivity index (χ1) is 6.50. The average molecular weight is 267 g/mol. The van der Waals surface area contributed by atoms with E-state index in [4.69, 9.17) is 9.47 Å². The maximum absolute atomic E-state index is 10.7. The Hall–Kier alpha value is -0.581. The molecule has 0 bridgehead atoms. The topological polar surface area (TPSA) is 72.8 Å². The molecule has 1 saturated heterocycles. The van der Waals surface area contributed by atoms with Crippen LogP contribution in [0, 0.1) is 0 Å². The molecule has 1 N–H and O–H groups in total. The number of esters is 2. The van der Waals surface area contributed by atoms with E-state index in [1.165, 1.54) is 13.8 Å². The molecule has 0 aromatic heterocycles. The first kappa shape index (κ1) is 11.5. The van der Waals surface area contributed by atoms with Gasteiger partial charge in [-0.2, -0.15) is 0 Å². The van der Waals surface area contributed by atoms with E-state index in [9.17, 15) is 14.7 Å². The average Bonchev–Trinajstić information content (AvgIpc) is 2.34. The van der Waals surface area contributed by atoms with Crippen molar-refractivity contribution in [1.82, 2.24) is 0 Å². The molecule has 1 aliphatic heterocycles. The van der Waals surface area contributed by atoms with Gasteiger partial charge in [-0.05, 0) is 0 Å². The zero-order chi connectivity index (χ0) is 10.7. The minimum atomic E-state index is -0.684. The first-order valence-electron chi connectivity index (χ1n) is 4.15. The number of aliphatic hydroxyl groups is 1. The molecule has 3 atom stereocenters. The number of aliphatic hydroxyl groups excluding tert-OH is 1. The van der Waals surface area contributed by atoms with Crippen LogP contribution in [0.25, 0.3) is 0 Å². The van der Waals surface area contributed by atoms with Crippen molar-refractivity contribution in [2.75, 3.05) is 0 Å². The van der Waals surface area contributed by atoms with Gasteiger partial charge in [-0.3, -0.25) is 0 Å². The number of rotatable bonds is 2. The number of hydrogen-bond acceptors (Lipinski definition) is 5. The SMILES string of the molecule is CC(=O)O[C@H]1C[Se]C(O)[C@@H]1OC(C)=O. The van der Waals surface area contributed by atoms with Crippen LogP contribution in [0.4, 0.5) is 0 Å². The van der Waals surface area contributed by atoms with E-state index < -0.39 is 29.1 Å². The molecule has 0 spiro atoms. The van der Waals surface area contributed by atoms with Gasteiger partial charge in [-0.1, -0.05) is 0 Å². The maximum atomic E-state index is 10.7. The Morgan fingerprint density at radius 3 is 2.36 bits per heavy atom. The van der Waals surface area contributed by atoms with Crippen molar-refractivity contribution in [3.63, 3.8) is 0 Å². The Kier molecular flexibility index (Phi) is 3.92. The van der Waals surface area contributed by atoms with Crippen LogP contribution in [-0.4, -0.2) is 49.2 Å². The number of ether oxygens (including phenoxy) is 2. The fraction of sp³-hybridized carbons (Fsp3) is 0.750. The quantitative estimate of drug-likeness (QED) is 0.529. The third-order valence-electron chi connectivity index (χ3n) is 1.70. The molecule has 0 aliphatic carbocycles. The van der Waals surface area contributed by atoms with Crippen LogP contribution in [-0.2, 0) is 19.1 Å². The fourth-order valence-electron chi connectivity index (χ4n) is 1.21. The van der Waals surface area contributed by atoms with Crippen molar-refractivity contribution in [1.29, 1.82) is 0 Å². The molecule has 0 radical (unpaired) electrons. The van der Waals surface area contributed by atoms with E-state index in [1.807, 2.05) is 0 Å².